The summed E-state index contributed by atoms with van der Waals surface area (Å²) in [5, 5.41) is 2.30. The van der Waals surface area contributed by atoms with Crippen molar-refractivity contribution in [3.63, 3.8) is 0 Å². The summed E-state index contributed by atoms with van der Waals surface area (Å²) in [7, 11) is 0. The molecule has 0 aliphatic heterocycles. The molecule has 0 aliphatic carbocycles. The van der Waals surface area contributed by atoms with E-state index >= 15 is 0 Å². The highest BCUT2D eigenvalue weighted by Crippen LogP contribution is 2.30. The van der Waals surface area contributed by atoms with E-state index in [1.807, 2.05) is 30.3 Å². The SMILES string of the molecule is NCc1cccc2c1oc1ccccc12. The lowest BCUT2D eigenvalue weighted by Crippen LogP contribution is -1.95. The summed E-state index contributed by atoms with van der Waals surface area (Å²) in [6, 6.07) is 14.1. The Balaban J connectivity index is 2.53. The predicted molar refractivity (Wildman–Crippen MR) is 61.6 cm³/mol. The molecule has 2 N–H and O–H groups in total. The highest BCUT2D eigenvalue weighted by atomic mass is 16.3. The van der Waals surface area contributed by atoms with Gasteiger partial charge in [0.15, 0.2) is 0 Å². The topological polar surface area (TPSA) is 39.2 Å². The van der Waals surface area contributed by atoms with Crippen molar-refractivity contribution >= 4 is 21.9 Å². The van der Waals surface area contributed by atoms with Crippen LogP contribution in [0, 0.1) is 0 Å². The zero-order chi connectivity index (χ0) is 10.3. The van der Waals surface area contributed by atoms with Gasteiger partial charge in [-0.2, -0.15) is 0 Å². The first-order valence-electron chi connectivity index (χ1n) is 4.99. The van der Waals surface area contributed by atoms with Gasteiger partial charge < -0.3 is 10.2 Å². The molecule has 3 aromatic rings. The van der Waals surface area contributed by atoms with Crippen molar-refractivity contribution in [1.82, 2.24) is 0 Å². The Morgan fingerprint density at radius 3 is 2.60 bits per heavy atom. The second kappa shape index (κ2) is 3.11. The molecule has 0 bridgehead atoms. The van der Waals surface area contributed by atoms with E-state index in [1.165, 1.54) is 0 Å². The Morgan fingerprint density at radius 2 is 1.73 bits per heavy atom. The molecule has 1 heterocycles. The second-order valence-corrected chi connectivity index (χ2v) is 3.60. The minimum Gasteiger partial charge on any atom is -0.456 e. The summed E-state index contributed by atoms with van der Waals surface area (Å²) in [6.45, 7) is 0.511. The molecule has 0 radical (unpaired) electrons. The summed E-state index contributed by atoms with van der Waals surface area (Å²) >= 11 is 0. The van der Waals surface area contributed by atoms with Gasteiger partial charge in [-0.25, -0.2) is 0 Å². The molecule has 15 heavy (non-hydrogen) atoms. The number of benzene rings is 2. The van der Waals surface area contributed by atoms with Crippen LogP contribution in [0.15, 0.2) is 46.9 Å². The van der Waals surface area contributed by atoms with E-state index in [4.69, 9.17) is 10.2 Å². The molecule has 2 nitrogen and oxygen atoms in total. The van der Waals surface area contributed by atoms with Crippen LogP contribution in [-0.2, 0) is 6.54 Å². The first kappa shape index (κ1) is 8.50. The summed E-state index contributed by atoms with van der Waals surface area (Å²) < 4.78 is 5.79. The van der Waals surface area contributed by atoms with Crippen molar-refractivity contribution in [2.24, 2.45) is 5.73 Å². The van der Waals surface area contributed by atoms with Gasteiger partial charge in [-0.1, -0.05) is 36.4 Å². The molecule has 0 unspecified atom stereocenters. The van der Waals surface area contributed by atoms with E-state index in [1.54, 1.807) is 0 Å². The number of fused-ring (bicyclic) bond motifs is 3. The van der Waals surface area contributed by atoms with E-state index in [2.05, 4.69) is 12.1 Å². The molecule has 0 saturated heterocycles. The Hall–Kier alpha value is -1.80. The number of furan rings is 1. The fourth-order valence-corrected chi connectivity index (χ4v) is 1.97. The van der Waals surface area contributed by atoms with Crippen LogP contribution in [0.25, 0.3) is 21.9 Å². The molecule has 0 amide bonds. The van der Waals surface area contributed by atoms with E-state index in [0.717, 1.165) is 27.5 Å². The summed E-state index contributed by atoms with van der Waals surface area (Å²) in [5.41, 5.74) is 8.58. The molecule has 74 valence electrons. The maximum absolute atomic E-state index is 5.79. The summed E-state index contributed by atoms with van der Waals surface area (Å²) in [4.78, 5) is 0. The van der Waals surface area contributed by atoms with Gasteiger partial charge in [0, 0.05) is 22.9 Å². The van der Waals surface area contributed by atoms with Crippen molar-refractivity contribution < 1.29 is 4.42 Å². The predicted octanol–water partition coefficient (Wildman–Crippen LogP) is 3.04. The van der Waals surface area contributed by atoms with Crippen LogP contribution in [0.1, 0.15) is 5.56 Å². The third kappa shape index (κ3) is 1.15. The Kier molecular flexibility index (Phi) is 1.76. The Labute approximate surface area is 87.3 Å². The van der Waals surface area contributed by atoms with Crippen molar-refractivity contribution in [1.29, 1.82) is 0 Å². The molecule has 3 rings (SSSR count). The molecule has 1 aromatic heterocycles. The first-order valence-corrected chi connectivity index (χ1v) is 4.99. The molecular weight excluding hydrogens is 186 g/mol. The number of hydrogen-bond acceptors (Lipinski definition) is 2. The lowest BCUT2D eigenvalue weighted by Gasteiger charge is -1.95. The fourth-order valence-electron chi connectivity index (χ4n) is 1.97. The molecule has 2 heteroatoms. The van der Waals surface area contributed by atoms with Crippen molar-refractivity contribution in [2.45, 2.75) is 6.54 Å². The molecule has 0 aliphatic rings. The number of rotatable bonds is 1. The average Bonchev–Trinajstić information content (AvgIpc) is 2.67. The number of nitrogens with two attached hydrogens (primary N) is 1. The second-order valence-electron chi connectivity index (χ2n) is 3.60. The highest BCUT2D eigenvalue weighted by molar-refractivity contribution is 6.05. The largest absolute Gasteiger partial charge is 0.456 e. The third-order valence-electron chi connectivity index (χ3n) is 2.71. The van der Waals surface area contributed by atoms with E-state index in [9.17, 15) is 0 Å². The third-order valence-corrected chi connectivity index (χ3v) is 2.71. The van der Waals surface area contributed by atoms with E-state index in [0.29, 0.717) is 6.54 Å². The zero-order valence-electron chi connectivity index (χ0n) is 8.23. The van der Waals surface area contributed by atoms with Gasteiger partial charge in [-0.15, -0.1) is 0 Å². The van der Waals surface area contributed by atoms with Gasteiger partial charge in [0.1, 0.15) is 11.2 Å². The lowest BCUT2D eigenvalue weighted by molar-refractivity contribution is 0.663. The Morgan fingerprint density at radius 1 is 0.933 bits per heavy atom. The highest BCUT2D eigenvalue weighted by Gasteiger charge is 2.08. The van der Waals surface area contributed by atoms with Crippen LogP contribution in [-0.4, -0.2) is 0 Å². The van der Waals surface area contributed by atoms with Crippen LogP contribution in [0.3, 0.4) is 0 Å². The smallest absolute Gasteiger partial charge is 0.139 e. The normalized spacial score (nSPS) is 11.3. The van der Waals surface area contributed by atoms with Crippen molar-refractivity contribution in [3.8, 4) is 0 Å². The van der Waals surface area contributed by atoms with Gasteiger partial charge in [0.2, 0.25) is 0 Å². The van der Waals surface area contributed by atoms with Gasteiger partial charge in [-0.3, -0.25) is 0 Å². The van der Waals surface area contributed by atoms with Crippen LogP contribution < -0.4 is 5.73 Å². The van der Waals surface area contributed by atoms with Crippen LogP contribution in [0.4, 0.5) is 0 Å². The van der Waals surface area contributed by atoms with Gasteiger partial charge in [0.25, 0.3) is 0 Å². The molecule has 2 aromatic carbocycles. The van der Waals surface area contributed by atoms with Crippen molar-refractivity contribution in [2.75, 3.05) is 0 Å². The van der Waals surface area contributed by atoms with Crippen LogP contribution >= 0.6 is 0 Å². The van der Waals surface area contributed by atoms with Gasteiger partial charge in [-0.05, 0) is 6.07 Å². The van der Waals surface area contributed by atoms with Gasteiger partial charge in [0.05, 0.1) is 0 Å². The Bertz CT molecular complexity index is 625. The first-order chi connectivity index (χ1) is 7.40. The minimum atomic E-state index is 0.511. The van der Waals surface area contributed by atoms with E-state index in [-0.39, 0.29) is 0 Å². The number of hydrogen-bond donors (Lipinski definition) is 1. The van der Waals surface area contributed by atoms with E-state index < -0.39 is 0 Å². The molecule has 0 saturated carbocycles. The quantitative estimate of drug-likeness (QED) is 0.651. The summed E-state index contributed by atoms with van der Waals surface area (Å²) in [6.07, 6.45) is 0. The molecular formula is C13H11NO. The zero-order valence-corrected chi connectivity index (χ0v) is 8.23. The van der Waals surface area contributed by atoms with Crippen LogP contribution in [0.2, 0.25) is 0 Å². The number of para-hydroxylation sites is 2. The summed E-state index contributed by atoms with van der Waals surface area (Å²) in [5.74, 6) is 0. The maximum Gasteiger partial charge on any atom is 0.139 e. The minimum absolute atomic E-state index is 0.511. The monoisotopic (exact) mass is 197 g/mol. The van der Waals surface area contributed by atoms with Gasteiger partial charge >= 0.3 is 0 Å². The fraction of sp³-hybridized carbons (Fsp3) is 0.0769. The lowest BCUT2D eigenvalue weighted by atomic mass is 10.1. The standard InChI is InChI=1S/C13H11NO/c14-8-9-4-3-6-11-10-5-1-2-7-12(10)15-13(9)11/h1-7H,8,14H2. The average molecular weight is 197 g/mol. The molecule has 0 spiro atoms. The van der Waals surface area contributed by atoms with Crippen LogP contribution in [0.5, 0.6) is 0 Å². The molecule has 0 fully saturated rings. The maximum atomic E-state index is 5.79. The molecule has 0 atom stereocenters. The van der Waals surface area contributed by atoms with Crippen molar-refractivity contribution in [3.05, 3.63) is 48.0 Å².